The Kier molecular flexibility index (Phi) is 4.07. The summed E-state index contributed by atoms with van der Waals surface area (Å²) < 4.78 is 45.2. The molecule has 6 nitrogen and oxygen atoms in total. The molecule has 2 amide bonds. The van der Waals surface area contributed by atoms with Crippen molar-refractivity contribution in [1.29, 1.82) is 0 Å². The number of benzene rings is 1. The summed E-state index contributed by atoms with van der Waals surface area (Å²) in [5.41, 5.74) is 2.54. The quantitative estimate of drug-likeness (QED) is 0.586. The highest BCUT2D eigenvalue weighted by molar-refractivity contribution is 6.34. The van der Waals surface area contributed by atoms with E-state index in [9.17, 15) is 14.0 Å². The number of aryl methyl sites for hydroxylation is 1. The smallest absolute Gasteiger partial charge is 0.256 e. The van der Waals surface area contributed by atoms with Gasteiger partial charge in [0, 0.05) is 38.4 Å². The molecule has 0 bridgehead atoms. The van der Waals surface area contributed by atoms with E-state index in [2.05, 4.69) is 20.9 Å². The number of hydrogen-bond donors (Lipinski definition) is 4. The van der Waals surface area contributed by atoms with Crippen LogP contribution in [0.15, 0.2) is 18.2 Å². The molecule has 0 fully saturated rings. The van der Waals surface area contributed by atoms with Crippen molar-refractivity contribution in [3.8, 4) is 0 Å². The van der Waals surface area contributed by atoms with Gasteiger partial charge < -0.3 is 20.9 Å². The standard InChI is InChI=1S/C20H23FN4O2/c1-4-22-7-8-23-20(27)18-11(2)17(24-12(18)3)10-15-14-9-13(21)5-6-16(14)25-19(15)26/h5-6,9-10,22,24H,4,7-8H2,1-3H3,(H,23,27)(H,25,26)/b15-10-/i7D2,8D2. The number of nitrogens with one attached hydrogen (secondary N) is 4. The van der Waals surface area contributed by atoms with Gasteiger partial charge in [-0.25, -0.2) is 4.39 Å². The highest BCUT2D eigenvalue weighted by Gasteiger charge is 2.26. The Balaban J connectivity index is 1.95. The van der Waals surface area contributed by atoms with Crippen LogP contribution in [-0.4, -0.2) is 36.3 Å². The lowest BCUT2D eigenvalue weighted by Gasteiger charge is -2.06. The average molecular weight is 374 g/mol. The highest BCUT2D eigenvalue weighted by atomic mass is 19.1. The van der Waals surface area contributed by atoms with Gasteiger partial charge >= 0.3 is 0 Å². The third kappa shape index (κ3) is 3.78. The van der Waals surface area contributed by atoms with Gasteiger partial charge in [-0.1, -0.05) is 6.92 Å². The number of amides is 2. The molecule has 0 spiro atoms. The van der Waals surface area contributed by atoms with Crippen molar-refractivity contribution in [1.82, 2.24) is 15.6 Å². The molecule has 0 radical (unpaired) electrons. The van der Waals surface area contributed by atoms with Gasteiger partial charge in [-0.2, -0.15) is 0 Å². The molecule has 2 heterocycles. The lowest BCUT2D eigenvalue weighted by Crippen LogP contribution is -2.32. The van der Waals surface area contributed by atoms with Gasteiger partial charge in [-0.3, -0.25) is 9.59 Å². The van der Waals surface area contributed by atoms with Crippen LogP contribution in [-0.2, 0) is 4.79 Å². The summed E-state index contributed by atoms with van der Waals surface area (Å²) >= 11 is 0. The normalized spacial score (nSPS) is 17.6. The predicted molar refractivity (Wildman–Crippen MR) is 104 cm³/mol. The Morgan fingerprint density at radius 3 is 2.85 bits per heavy atom. The number of aromatic nitrogens is 1. The topological polar surface area (TPSA) is 86.0 Å². The van der Waals surface area contributed by atoms with Gasteiger partial charge in [-0.15, -0.1) is 0 Å². The Bertz CT molecular complexity index is 1100. The van der Waals surface area contributed by atoms with Crippen molar-refractivity contribution >= 4 is 29.2 Å². The first kappa shape index (κ1) is 14.2. The lowest BCUT2D eigenvalue weighted by molar-refractivity contribution is -0.110. The number of carbonyl (C=O) groups is 2. The summed E-state index contributed by atoms with van der Waals surface area (Å²) in [4.78, 5) is 28.1. The Morgan fingerprint density at radius 1 is 1.33 bits per heavy atom. The third-order valence-corrected chi connectivity index (χ3v) is 4.26. The average Bonchev–Trinajstić information content (AvgIpc) is 3.10. The number of carbonyl (C=O) groups excluding carboxylic acids is 2. The molecule has 142 valence electrons. The fraction of sp³-hybridized carbons (Fsp3) is 0.300. The second-order valence-corrected chi connectivity index (χ2v) is 6.10. The van der Waals surface area contributed by atoms with E-state index < -0.39 is 30.6 Å². The van der Waals surface area contributed by atoms with E-state index in [0.717, 1.165) is 0 Å². The second-order valence-electron chi connectivity index (χ2n) is 6.10. The molecule has 27 heavy (non-hydrogen) atoms. The van der Waals surface area contributed by atoms with Crippen LogP contribution >= 0.6 is 0 Å². The maximum absolute atomic E-state index is 13.7. The number of H-pyrrole nitrogens is 1. The molecule has 1 aliphatic rings. The zero-order valence-electron chi connectivity index (χ0n) is 19.2. The molecular weight excluding hydrogens is 347 g/mol. The SMILES string of the molecule is [2H]C([2H])(NCC)C([2H])([2H])NC(=O)c1c(C)[nH]c(/C=C2\C(=O)Nc3ccc(F)cc32)c1C. The van der Waals surface area contributed by atoms with Crippen LogP contribution in [0.3, 0.4) is 0 Å². The van der Waals surface area contributed by atoms with Gasteiger partial charge in [0.25, 0.3) is 11.8 Å². The van der Waals surface area contributed by atoms with Crippen LogP contribution in [0.4, 0.5) is 10.1 Å². The van der Waals surface area contributed by atoms with Gasteiger partial charge in [-0.05, 0) is 50.2 Å². The summed E-state index contributed by atoms with van der Waals surface area (Å²) in [5.74, 6) is -1.70. The molecule has 7 heteroatoms. The molecule has 0 saturated heterocycles. The number of fused-ring (bicyclic) bond motifs is 1. The van der Waals surface area contributed by atoms with Crippen LogP contribution in [0, 0.1) is 19.7 Å². The van der Waals surface area contributed by atoms with Crippen molar-refractivity contribution in [3.05, 3.63) is 52.1 Å². The number of likely N-dealkylation sites (N-methyl/N-ethyl adjacent to an activating group) is 1. The maximum atomic E-state index is 13.7. The molecule has 0 aliphatic carbocycles. The molecule has 0 unspecified atom stereocenters. The van der Waals surface area contributed by atoms with E-state index in [1.54, 1.807) is 20.8 Å². The van der Waals surface area contributed by atoms with Crippen LogP contribution in [0.2, 0.25) is 0 Å². The zero-order chi connectivity index (χ0) is 23.1. The third-order valence-electron chi connectivity index (χ3n) is 4.26. The molecule has 0 saturated carbocycles. The first-order chi connectivity index (χ1) is 14.4. The number of aromatic amines is 1. The fourth-order valence-corrected chi connectivity index (χ4v) is 2.99. The Labute approximate surface area is 162 Å². The van der Waals surface area contributed by atoms with Gasteiger partial charge in [0.1, 0.15) is 5.82 Å². The Morgan fingerprint density at radius 2 is 2.11 bits per heavy atom. The molecule has 1 aromatic heterocycles. The van der Waals surface area contributed by atoms with E-state index in [1.165, 1.54) is 24.3 Å². The minimum absolute atomic E-state index is 0.140. The number of hydrogen-bond acceptors (Lipinski definition) is 3. The van der Waals surface area contributed by atoms with Gasteiger partial charge in [0.15, 0.2) is 0 Å². The van der Waals surface area contributed by atoms with E-state index in [4.69, 9.17) is 5.48 Å². The van der Waals surface area contributed by atoms with Gasteiger partial charge in [0.05, 0.1) is 13.9 Å². The molecule has 3 rings (SSSR count). The Hall–Kier alpha value is -2.93. The number of rotatable bonds is 6. The van der Waals surface area contributed by atoms with E-state index in [1.807, 2.05) is 0 Å². The molecular formula is C20H23FN4O2. The van der Waals surface area contributed by atoms with Crippen molar-refractivity contribution < 1.29 is 19.5 Å². The lowest BCUT2D eigenvalue weighted by atomic mass is 10.0. The highest BCUT2D eigenvalue weighted by Crippen LogP contribution is 2.34. The fourth-order valence-electron chi connectivity index (χ4n) is 2.99. The minimum Gasteiger partial charge on any atom is -0.358 e. The summed E-state index contributed by atoms with van der Waals surface area (Å²) in [6.07, 6.45) is 1.51. The predicted octanol–water partition coefficient (Wildman–Crippen LogP) is 2.60. The van der Waals surface area contributed by atoms with Crippen molar-refractivity contribution in [2.75, 3.05) is 24.9 Å². The van der Waals surface area contributed by atoms with Crippen LogP contribution in [0.25, 0.3) is 11.6 Å². The number of halogens is 1. The second kappa shape index (κ2) is 7.75. The molecule has 1 aliphatic heterocycles. The summed E-state index contributed by atoms with van der Waals surface area (Å²) in [7, 11) is 0. The van der Waals surface area contributed by atoms with E-state index in [-0.39, 0.29) is 17.7 Å². The first-order valence-corrected chi connectivity index (χ1v) is 8.47. The van der Waals surface area contributed by atoms with Crippen LogP contribution < -0.4 is 16.0 Å². The van der Waals surface area contributed by atoms with E-state index in [0.29, 0.717) is 28.2 Å². The molecule has 4 N–H and O–H groups in total. The van der Waals surface area contributed by atoms with E-state index >= 15 is 0 Å². The van der Waals surface area contributed by atoms with Crippen molar-refractivity contribution in [3.63, 3.8) is 0 Å². The maximum Gasteiger partial charge on any atom is 0.256 e. The van der Waals surface area contributed by atoms with Crippen molar-refractivity contribution in [2.24, 2.45) is 0 Å². The largest absolute Gasteiger partial charge is 0.358 e. The number of anilines is 1. The minimum atomic E-state index is -2.68. The molecule has 2 aromatic rings. The summed E-state index contributed by atoms with van der Waals surface area (Å²) in [5, 5.41) is 7.13. The van der Waals surface area contributed by atoms with Gasteiger partial charge in [0.2, 0.25) is 0 Å². The van der Waals surface area contributed by atoms with Crippen LogP contribution in [0.1, 0.15) is 45.3 Å². The first-order valence-electron chi connectivity index (χ1n) is 10.5. The molecule has 0 atom stereocenters. The zero-order valence-corrected chi connectivity index (χ0v) is 15.2. The van der Waals surface area contributed by atoms with Crippen LogP contribution in [0.5, 0.6) is 0 Å². The monoisotopic (exact) mass is 374 g/mol. The summed E-state index contributed by atoms with van der Waals surface area (Å²) in [6, 6.07) is 3.96. The summed E-state index contributed by atoms with van der Waals surface area (Å²) in [6.45, 7) is -0.141. The van der Waals surface area contributed by atoms with Crippen molar-refractivity contribution in [2.45, 2.75) is 20.8 Å². The molecule has 1 aromatic carbocycles.